The van der Waals surface area contributed by atoms with Gasteiger partial charge >= 0.3 is 0 Å². The maximum absolute atomic E-state index is 10.9. The van der Waals surface area contributed by atoms with Crippen LogP contribution in [0.3, 0.4) is 0 Å². The van der Waals surface area contributed by atoms with Crippen molar-refractivity contribution in [1.82, 2.24) is 0 Å². The normalized spacial score (nSPS) is 15.4. The van der Waals surface area contributed by atoms with Gasteiger partial charge in [-0.2, -0.15) is 0 Å². The van der Waals surface area contributed by atoms with Crippen LogP contribution in [0.1, 0.15) is 29.6 Å². The van der Waals surface area contributed by atoms with Crippen LogP contribution in [-0.2, 0) is 0 Å². The highest BCUT2D eigenvalue weighted by molar-refractivity contribution is 5.97. The molecule has 1 aliphatic heterocycles. The molecular formula is C12H15N3O. The molecule has 0 aromatic heterocycles. The molecule has 0 radical (unpaired) electrons. The number of carbonyl (C=O) groups excluding carboxylic acids is 1. The van der Waals surface area contributed by atoms with Gasteiger partial charge in [-0.15, -0.1) is 0 Å². The Labute approximate surface area is 94.6 Å². The quantitative estimate of drug-likeness (QED) is 0.792. The number of nitrogens with zero attached hydrogens (tertiary/aromatic N) is 1. The van der Waals surface area contributed by atoms with Crippen molar-refractivity contribution >= 4 is 17.4 Å². The fourth-order valence-electron chi connectivity index (χ4n) is 1.68. The Kier molecular flexibility index (Phi) is 3.19. The van der Waals surface area contributed by atoms with E-state index in [1.165, 1.54) is 12.8 Å². The smallest absolute Gasteiger partial charge is 0.248 e. The molecule has 0 saturated carbocycles. The summed E-state index contributed by atoms with van der Waals surface area (Å²) >= 11 is 0. The van der Waals surface area contributed by atoms with Gasteiger partial charge in [0, 0.05) is 24.2 Å². The molecule has 0 saturated heterocycles. The summed E-state index contributed by atoms with van der Waals surface area (Å²) in [5.74, 6) is 0.625. The lowest BCUT2D eigenvalue weighted by molar-refractivity contribution is 0.100. The number of hydrogen-bond donors (Lipinski definition) is 2. The Balaban J connectivity index is 2.04. The van der Waals surface area contributed by atoms with Crippen LogP contribution in [0.15, 0.2) is 29.3 Å². The average Bonchev–Trinajstić information content (AvgIpc) is 2.31. The third-order valence-corrected chi connectivity index (χ3v) is 2.58. The molecule has 0 atom stereocenters. The largest absolute Gasteiger partial charge is 0.366 e. The first-order valence-electron chi connectivity index (χ1n) is 5.46. The van der Waals surface area contributed by atoms with Crippen LogP contribution in [-0.4, -0.2) is 18.3 Å². The van der Waals surface area contributed by atoms with E-state index in [-0.39, 0.29) is 0 Å². The first kappa shape index (κ1) is 10.7. The topological polar surface area (TPSA) is 67.5 Å². The lowest BCUT2D eigenvalue weighted by atomic mass is 10.1. The second kappa shape index (κ2) is 4.79. The van der Waals surface area contributed by atoms with E-state index in [9.17, 15) is 4.79 Å². The highest BCUT2D eigenvalue weighted by Crippen LogP contribution is 2.12. The third kappa shape index (κ3) is 2.59. The van der Waals surface area contributed by atoms with Gasteiger partial charge in [0.1, 0.15) is 5.84 Å². The zero-order chi connectivity index (χ0) is 11.4. The van der Waals surface area contributed by atoms with Crippen molar-refractivity contribution in [3.05, 3.63) is 29.8 Å². The van der Waals surface area contributed by atoms with Crippen LogP contribution in [0.2, 0.25) is 0 Å². The summed E-state index contributed by atoms with van der Waals surface area (Å²) < 4.78 is 0. The molecule has 3 N–H and O–H groups in total. The third-order valence-electron chi connectivity index (χ3n) is 2.58. The molecule has 1 amide bonds. The molecular weight excluding hydrogens is 202 g/mol. The molecule has 2 rings (SSSR count). The molecule has 0 bridgehead atoms. The molecule has 16 heavy (non-hydrogen) atoms. The summed E-state index contributed by atoms with van der Waals surface area (Å²) in [7, 11) is 0. The molecule has 0 unspecified atom stereocenters. The summed E-state index contributed by atoms with van der Waals surface area (Å²) in [5.41, 5.74) is 6.64. The molecule has 0 fully saturated rings. The predicted molar refractivity (Wildman–Crippen MR) is 64.7 cm³/mol. The number of nitrogens with two attached hydrogens (primary N) is 1. The fraction of sp³-hybridized carbons (Fsp3) is 0.333. The van der Waals surface area contributed by atoms with Crippen molar-refractivity contribution in [3.8, 4) is 0 Å². The first-order chi connectivity index (χ1) is 7.75. The molecule has 1 aliphatic rings. The molecule has 1 aromatic rings. The minimum Gasteiger partial charge on any atom is -0.366 e. The first-order valence-corrected chi connectivity index (χ1v) is 5.46. The van der Waals surface area contributed by atoms with Gasteiger partial charge in [0.25, 0.3) is 0 Å². The fourth-order valence-corrected chi connectivity index (χ4v) is 1.68. The summed E-state index contributed by atoms with van der Waals surface area (Å²) in [6.07, 6.45) is 3.36. The molecule has 4 heteroatoms. The Hall–Kier alpha value is -1.84. The zero-order valence-electron chi connectivity index (χ0n) is 9.07. The lowest BCUT2D eigenvalue weighted by Gasteiger charge is -2.13. The van der Waals surface area contributed by atoms with Crippen molar-refractivity contribution < 1.29 is 4.79 Å². The minimum atomic E-state index is -0.401. The number of nitrogens with one attached hydrogen (secondary N) is 1. The highest BCUT2D eigenvalue weighted by atomic mass is 16.1. The second-order valence-corrected chi connectivity index (χ2v) is 3.85. The molecule has 0 aliphatic carbocycles. The number of hydrogen-bond acceptors (Lipinski definition) is 3. The van der Waals surface area contributed by atoms with Crippen molar-refractivity contribution in [2.24, 2.45) is 10.7 Å². The van der Waals surface area contributed by atoms with E-state index in [0.29, 0.717) is 5.56 Å². The van der Waals surface area contributed by atoms with Crippen LogP contribution >= 0.6 is 0 Å². The number of amides is 1. The monoisotopic (exact) mass is 217 g/mol. The summed E-state index contributed by atoms with van der Waals surface area (Å²) in [4.78, 5) is 15.3. The highest BCUT2D eigenvalue weighted by Gasteiger charge is 2.05. The van der Waals surface area contributed by atoms with E-state index in [4.69, 9.17) is 5.73 Å². The Morgan fingerprint density at radius 2 is 2.00 bits per heavy atom. The number of carbonyl (C=O) groups is 1. The maximum atomic E-state index is 10.9. The molecule has 1 aromatic carbocycles. The van der Waals surface area contributed by atoms with Gasteiger partial charge in [0.2, 0.25) is 5.91 Å². The zero-order valence-corrected chi connectivity index (χ0v) is 9.07. The van der Waals surface area contributed by atoms with Gasteiger partial charge in [-0.25, -0.2) is 0 Å². The van der Waals surface area contributed by atoms with Crippen LogP contribution in [0.4, 0.5) is 5.69 Å². The number of benzene rings is 1. The van der Waals surface area contributed by atoms with Crippen molar-refractivity contribution in [3.63, 3.8) is 0 Å². The van der Waals surface area contributed by atoms with E-state index < -0.39 is 5.91 Å². The maximum Gasteiger partial charge on any atom is 0.248 e. The van der Waals surface area contributed by atoms with Gasteiger partial charge in [-0.1, -0.05) is 0 Å². The SMILES string of the molecule is NC(=O)c1ccc(NC2=NCCCC2)cc1. The van der Waals surface area contributed by atoms with Crippen LogP contribution in [0.5, 0.6) is 0 Å². The standard InChI is InChI=1S/C12H15N3O/c13-12(16)9-4-6-10(7-5-9)15-11-3-1-2-8-14-11/h4-7H,1-3,8H2,(H2,13,16)(H,14,15). The van der Waals surface area contributed by atoms with E-state index in [1.54, 1.807) is 12.1 Å². The van der Waals surface area contributed by atoms with Gasteiger partial charge in [0.15, 0.2) is 0 Å². The average molecular weight is 217 g/mol. The van der Waals surface area contributed by atoms with E-state index >= 15 is 0 Å². The van der Waals surface area contributed by atoms with E-state index in [1.807, 2.05) is 12.1 Å². The van der Waals surface area contributed by atoms with Gasteiger partial charge in [-0.3, -0.25) is 9.79 Å². The van der Waals surface area contributed by atoms with Crippen LogP contribution in [0, 0.1) is 0 Å². The number of aliphatic imine (C=N–C) groups is 1. The minimum absolute atomic E-state index is 0.401. The van der Waals surface area contributed by atoms with Crippen molar-refractivity contribution in [2.45, 2.75) is 19.3 Å². The summed E-state index contributed by atoms with van der Waals surface area (Å²) in [6, 6.07) is 7.12. The number of rotatable bonds is 2. The molecule has 84 valence electrons. The van der Waals surface area contributed by atoms with Gasteiger partial charge < -0.3 is 11.1 Å². The van der Waals surface area contributed by atoms with E-state index in [0.717, 1.165) is 24.5 Å². The number of amidine groups is 1. The predicted octanol–water partition coefficient (Wildman–Crippen LogP) is 1.78. The molecule has 1 heterocycles. The van der Waals surface area contributed by atoms with Crippen LogP contribution in [0.25, 0.3) is 0 Å². The number of primary amides is 1. The van der Waals surface area contributed by atoms with Crippen molar-refractivity contribution in [1.29, 1.82) is 0 Å². The second-order valence-electron chi connectivity index (χ2n) is 3.85. The summed E-state index contributed by atoms with van der Waals surface area (Å²) in [5, 5.41) is 3.24. The van der Waals surface area contributed by atoms with Crippen molar-refractivity contribution in [2.75, 3.05) is 11.9 Å². The van der Waals surface area contributed by atoms with E-state index in [2.05, 4.69) is 10.3 Å². The molecule has 4 nitrogen and oxygen atoms in total. The Morgan fingerprint density at radius 3 is 2.56 bits per heavy atom. The number of anilines is 1. The summed E-state index contributed by atoms with van der Waals surface area (Å²) in [6.45, 7) is 0.904. The lowest BCUT2D eigenvalue weighted by Crippen LogP contribution is -2.16. The van der Waals surface area contributed by atoms with Gasteiger partial charge in [0.05, 0.1) is 0 Å². The Bertz CT molecular complexity index is 409. The molecule has 0 spiro atoms. The van der Waals surface area contributed by atoms with Crippen LogP contribution < -0.4 is 11.1 Å². The van der Waals surface area contributed by atoms with Gasteiger partial charge in [-0.05, 0) is 37.1 Å². The Morgan fingerprint density at radius 1 is 1.25 bits per heavy atom.